The molecule has 0 unspecified atom stereocenters. The summed E-state index contributed by atoms with van der Waals surface area (Å²) in [6.45, 7) is 19.0. The number of nitrogens with zero attached hydrogens (tertiary/aromatic N) is 3. The van der Waals surface area contributed by atoms with E-state index in [0.29, 0.717) is 0 Å². The summed E-state index contributed by atoms with van der Waals surface area (Å²) in [6, 6.07) is 76.0. The van der Waals surface area contributed by atoms with Crippen LogP contribution in [0.25, 0.3) is 69.2 Å². The summed E-state index contributed by atoms with van der Waals surface area (Å²) in [4.78, 5) is 4.99. The van der Waals surface area contributed by atoms with Gasteiger partial charge in [0.25, 0.3) is 0 Å². The molecular weight excluding hydrogens is 899 g/mol. The van der Waals surface area contributed by atoms with Gasteiger partial charge in [-0.25, -0.2) is 0 Å². The van der Waals surface area contributed by atoms with Gasteiger partial charge in [0.15, 0.2) is 0 Å². The summed E-state index contributed by atoms with van der Waals surface area (Å²) in [5.41, 5.74) is 12.8. The van der Waals surface area contributed by atoms with Gasteiger partial charge >= 0.3 is 0 Å². The Kier molecular flexibility index (Phi) is 10.5. The maximum Gasteiger partial charge on any atom is 0.0775 e. The lowest BCUT2D eigenvalue weighted by Gasteiger charge is -2.28. The Morgan fingerprint density at radius 3 is 1.24 bits per heavy atom. The molecule has 342 valence electrons. The van der Waals surface area contributed by atoms with Crippen molar-refractivity contribution in [2.45, 2.75) is 53.1 Å². The first kappa shape index (κ1) is 44.0. The normalized spacial score (nSPS) is 12.3. The van der Waals surface area contributed by atoms with E-state index in [-0.39, 0.29) is 0 Å². The van der Waals surface area contributed by atoms with Gasteiger partial charge in [-0.15, -0.1) is 11.3 Å². The summed E-state index contributed by atoms with van der Waals surface area (Å²) in [5.74, 6) is 0. The highest BCUT2D eigenvalue weighted by Gasteiger charge is 2.27. The first-order valence-corrected chi connectivity index (χ1v) is 32.4. The molecule has 0 aliphatic carbocycles. The summed E-state index contributed by atoms with van der Waals surface area (Å²) in [6.07, 6.45) is 0. The molecule has 2 heterocycles. The SMILES string of the molecule is Cc1cccc(N(c2ccc([Si](C)(C)C)cc2)c2cc3c(c4ccccc24)c2c4ccccc4c(N(c4ccc([Si](C)(C)C)cc4)c4cccc(C)c4)cc2n3-c2ccc3sc4ccccc4c3c2)c1. The highest BCUT2D eigenvalue weighted by Crippen LogP contribution is 2.50. The Hall–Kier alpha value is -7.23. The Morgan fingerprint density at radius 1 is 0.357 bits per heavy atom. The van der Waals surface area contributed by atoms with Gasteiger partial charge in [0.2, 0.25) is 0 Å². The average molecular weight is 956 g/mol. The third-order valence-corrected chi connectivity index (χ3v) is 19.6. The molecule has 0 saturated heterocycles. The minimum Gasteiger partial charge on any atom is -0.310 e. The van der Waals surface area contributed by atoms with Gasteiger partial charge < -0.3 is 14.4 Å². The number of hydrogen-bond donors (Lipinski definition) is 0. The molecule has 0 saturated carbocycles. The van der Waals surface area contributed by atoms with Crippen LogP contribution in [0.1, 0.15) is 11.1 Å². The fourth-order valence-corrected chi connectivity index (χ4v) is 14.2. The van der Waals surface area contributed by atoms with Crippen LogP contribution in [-0.2, 0) is 0 Å². The van der Waals surface area contributed by atoms with Crippen molar-refractivity contribution in [2.75, 3.05) is 9.80 Å². The Bertz CT molecular complexity index is 3800. The Labute approximate surface area is 417 Å². The van der Waals surface area contributed by atoms with E-state index in [1.165, 1.54) is 85.0 Å². The van der Waals surface area contributed by atoms with Crippen molar-refractivity contribution in [1.82, 2.24) is 4.57 Å². The lowest BCUT2D eigenvalue weighted by atomic mass is 9.96. The molecule has 0 aliphatic heterocycles. The molecule has 3 nitrogen and oxygen atoms in total. The van der Waals surface area contributed by atoms with E-state index < -0.39 is 16.1 Å². The van der Waals surface area contributed by atoms with Crippen LogP contribution in [0, 0.1) is 13.8 Å². The zero-order chi connectivity index (χ0) is 48.1. The predicted octanol–water partition coefficient (Wildman–Crippen LogP) is 18.1. The van der Waals surface area contributed by atoms with Gasteiger partial charge in [-0.2, -0.15) is 0 Å². The first-order valence-electron chi connectivity index (χ1n) is 24.6. The smallest absolute Gasteiger partial charge is 0.0775 e. The molecule has 6 heteroatoms. The summed E-state index contributed by atoms with van der Waals surface area (Å²) >= 11 is 1.87. The number of benzene rings is 10. The molecule has 0 spiro atoms. The number of thiophene rings is 1. The maximum atomic E-state index is 2.58. The number of aryl methyl sites for hydroxylation is 2. The van der Waals surface area contributed by atoms with Crippen LogP contribution in [0.3, 0.4) is 0 Å². The minimum absolute atomic E-state index is 1.14. The summed E-state index contributed by atoms with van der Waals surface area (Å²) < 4.78 is 5.18. The van der Waals surface area contributed by atoms with Crippen molar-refractivity contribution in [1.29, 1.82) is 0 Å². The third kappa shape index (κ3) is 7.45. The molecule has 0 aliphatic rings. The largest absolute Gasteiger partial charge is 0.310 e. The first-order chi connectivity index (χ1) is 33.8. The van der Waals surface area contributed by atoms with E-state index in [0.717, 1.165) is 39.8 Å². The second-order valence-electron chi connectivity index (χ2n) is 21.2. The molecule has 70 heavy (non-hydrogen) atoms. The van der Waals surface area contributed by atoms with E-state index in [2.05, 4.69) is 268 Å². The zero-order valence-electron chi connectivity index (χ0n) is 41.3. The highest BCUT2D eigenvalue weighted by atomic mass is 32.1. The molecule has 0 N–H and O–H groups in total. The highest BCUT2D eigenvalue weighted by molar-refractivity contribution is 7.25. The molecule has 0 atom stereocenters. The van der Waals surface area contributed by atoms with Gasteiger partial charge in [-0.3, -0.25) is 0 Å². The van der Waals surface area contributed by atoms with Crippen molar-refractivity contribution in [3.63, 3.8) is 0 Å². The Morgan fingerprint density at radius 2 is 0.786 bits per heavy atom. The van der Waals surface area contributed by atoms with Crippen molar-refractivity contribution in [2.24, 2.45) is 0 Å². The van der Waals surface area contributed by atoms with Gasteiger partial charge in [0.1, 0.15) is 0 Å². The second-order valence-corrected chi connectivity index (χ2v) is 32.5. The number of aromatic nitrogens is 1. The quantitative estimate of drug-likeness (QED) is 0.134. The molecule has 12 rings (SSSR count). The average Bonchev–Trinajstić information content (AvgIpc) is 3.89. The standard InChI is InChI=1S/C64H57N3SSi2/c1-42-17-15-19-46(37-42)65(44-27-32-49(33-28-44)69(3,4)5)57-40-59-63(54-24-11-9-21-51(54)57)64-55-25-12-10-22-52(55)58(66(47-20-16-18-43(2)38-47)45-29-34-50(35-30-45)70(6,7)8)41-60(64)67(59)48-31-36-62-56(39-48)53-23-13-14-26-61(53)68-62/h9-41H,1-8H3. The van der Waals surface area contributed by atoms with Crippen molar-refractivity contribution in [3.8, 4) is 5.69 Å². The minimum atomic E-state index is -1.55. The van der Waals surface area contributed by atoms with E-state index in [1.54, 1.807) is 0 Å². The number of anilines is 6. The number of fused-ring (bicyclic) bond motifs is 10. The molecule has 10 aromatic carbocycles. The predicted molar refractivity (Wildman–Crippen MR) is 313 cm³/mol. The van der Waals surface area contributed by atoms with Crippen LogP contribution in [0.4, 0.5) is 34.1 Å². The van der Waals surface area contributed by atoms with Gasteiger partial charge in [0, 0.05) is 70.2 Å². The van der Waals surface area contributed by atoms with Crippen molar-refractivity contribution >= 4 is 136 Å². The van der Waals surface area contributed by atoms with E-state index in [4.69, 9.17) is 0 Å². The summed E-state index contributed by atoms with van der Waals surface area (Å²) in [5, 5.41) is 12.9. The van der Waals surface area contributed by atoms with Crippen LogP contribution in [0.15, 0.2) is 200 Å². The van der Waals surface area contributed by atoms with Crippen molar-refractivity contribution < 1.29 is 0 Å². The molecule has 12 aromatic rings. The molecule has 2 aromatic heterocycles. The van der Waals surface area contributed by atoms with Crippen LogP contribution in [-0.4, -0.2) is 20.7 Å². The lowest BCUT2D eigenvalue weighted by molar-refractivity contribution is 1.18. The lowest BCUT2D eigenvalue weighted by Crippen LogP contribution is -2.37. The maximum absolute atomic E-state index is 2.58. The zero-order valence-corrected chi connectivity index (χ0v) is 44.1. The number of hydrogen-bond acceptors (Lipinski definition) is 3. The molecular formula is C64H57N3SSi2. The van der Waals surface area contributed by atoms with Crippen LogP contribution < -0.4 is 20.2 Å². The number of rotatable bonds is 9. The fourth-order valence-electron chi connectivity index (χ4n) is 10.8. The topological polar surface area (TPSA) is 11.4 Å². The molecule has 0 radical (unpaired) electrons. The summed E-state index contributed by atoms with van der Waals surface area (Å²) in [7, 11) is -3.10. The monoisotopic (exact) mass is 955 g/mol. The third-order valence-electron chi connectivity index (χ3n) is 14.3. The van der Waals surface area contributed by atoms with E-state index >= 15 is 0 Å². The van der Waals surface area contributed by atoms with Crippen LogP contribution >= 0.6 is 11.3 Å². The van der Waals surface area contributed by atoms with E-state index in [9.17, 15) is 0 Å². The van der Waals surface area contributed by atoms with Gasteiger partial charge in [-0.05, 0) is 121 Å². The van der Waals surface area contributed by atoms with Crippen LogP contribution in [0.5, 0.6) is 0 Å². The Balaban J connectivity index is 1.24. The molecule has 0 fully saturated rings. The molecule has 0 amide bonds. The van der Waals surface area contributed by atoms with Gasteiger partial charge in [0.05, 0.1) is 38.6 Å². The van der Waals surface area contributed by atoms with Crippen molar-refractivity contribution in [3.05, 3.63) is 211 Å². The van der Waals surface area contributed by atoms with E-state index in [1.807, 2.05) is 11.3 Å². The molecule has 0 bridgehead atoms. The fraction of sp³-hybridized carbons (Fsp3) is 0.125. The van der Waals surface area contributed by atoms with Crippen LogP contribution in [0.2, 0.25) is 39.3 Å². The second kappa shape index (κ2) is 16.7. The van der Waals surface area contributed by atoms with Gasteiger partial charge in [-0.1, -0.05) is 165 Å².